The first-order chi connectivity index (χ1) is 14.6. The van der Waals surface area contributed by atoms with Crippen molar-refractivity contribution in [1.82, 2.24) is 9.61 Å². The molecule has 1 saturated carbocycles. The Labute approximate surface area is 182 Å². The highest BCUT2D eigenvalue weighted by atomic mass is 32.2. The van der Waals surface area contributed by atoms with E-state index in [1.165, 1.54) is 18.4 Å². The second kappa shape index (κ2) is 8.88. The first-order valence-electron chi connectivity index (χ1n) is 10.6. The third-order valence-electron chi connectivity index (χ3n) is 5.77. The number of hydrogen-bond donors (Lipinski definition) is 0. The summed E-state index contributed by atoms with van der Waals surface area (Å²) in [5, 5.41) is 5.98. The second-order valence-corrected chi connectivity index (χ2v) is 8.95. The average molecular weight is 428 g/mol. The standard InChI is InChI=1S/C24H30FN3OS/c1-16-13-17(2)22(21(14-16)29-3)19-7-5-8-20-23(24(30-4)26-28(19)20)27(12-6-11-25)15-18-9-10-18/h5,7-8,13-14,18H,6,9-12,15H2,1-4H3. The van der Waals surface area contributed by atoms with Gasteiger partial charge in [-0.25, -0.2) is 4.52 Å². The van der Waals surface area contributed by atoms with Crippen molar-refractivity contribution >= 4 is 23.0 Å². The van der Waals surface area contributed by atoms with Gasteiger partial charge in [0.1, 0.15) is 10.8 Å². The maximum absolute atomic E-state index is 13.0. The van der Waals surface area contributed by atoms with Crippen LogP contribution in [0.3, 0.4) is 0 Å². The summed E-state index contributed by atoms with van der Waals surface area (Å²) in [4.78, 5) is 2.36. The molecule has 30 heavy (non-hydrogen) atoms. The molecule has 0 saturated heterocycles. The minimum absolute atomic E-state index is 0.292. The molecule has 0 amide bonds. The summed E-state index contributed by atoms with van der Waals surface area (Å²) in [7, 11) is 1.72. The summed E-state index contributed by atoms with van der Waals surface area (Å²) in [6.07, 6.45) is 5.14. The Morgan fingerprint density at radius 2 is 2.07 bits per heavy atom. The van der Waals surface area contributed by atoms with E-state index in [0.29, 0.717) is 6.42 Å². The van der Waals surface area contributed by atoms with Gasteiger partial charge < -0.3 is 9.64 Å². The van der Waals surface area contributed by atoms with E-state index in [4.69, 9.17) is 9.84 Å². The zero-order chi connectivity index (χ0) is 21.3. The number of ether oxygens (including phenoxy) is 1. The molecule has 2 heterocycles. The van der Waals surface area contributed by atoms with E-state index >= 15 is 0 Å². The predicted octanol–water partition coefficient (Wildman–Crippen LogP) is 5.92. The zero-order valence-corrected chi connectivity index (χ0v) is 19.1. The zero-order valence-electron chi connectivity index (χ0n) is 18.2. The fraction of sp³-hybridized carbons (Fsp3) is 0.458. The molecule has 0 unspecified atom stereocenters. The van der Waals surface area contributed by atoms with Crippen LogP contribution in [-0.2, 0) is 0 Å². The number of nitrogens with zero attached hydrogens (tertiary/aromatic N) is 3. The Morgan fingerprint density at radius 3 is 2.73 bits per heavy atom. The number of aryl methyl sites for hydroxylation is 2. The topological polar surface area (TPSA) is 29.8 Å². The Hall–Kier alpha value is -2.21. The summed E-state index contributed by atoms with van der Waals surface area (Å²) >= 11 is 1.65. The second-order valence-electron chi connectivity index (χ2n) is 8.16. The van der Waals surface area contributed by atoms with Gasteiger partial charge in [-0.3, -0.25) is 4.39 Å². The van der Waals surface area contributed by atoms with Gasteiger partial charge in [-0.2, -0.15) is 5.10 Å². The van der Waals surface area contributed by atoms with E-state index in [-0.39, 0.29) is 6.67 Å². The van der Waals surface area contributed by atoms with Crippen LogP contribution < -0.4 is 9.64 Å². The largest absolute Gasteiger partial charge is 0.496 e. The summed E-state index contributed by atoms with van der Waals surface area (Å²) in [5.74, 6) is 1.58. The van der Waals surface area contributed by atoms with Crippen molar-refractivity contribution in [2.45, 2.75) is 38.1 Å². The minimum atomic E-state index is -0.292. The highest BCUT2D eigenvalue weighted by Gasteiger charge is 2.28. The van der Waals surface area contributed by atoms with Gasteiger partial charge in [0.05, 0.1) is 30.7 Å². The number of halogens is 1. The summed E-state index contributed by atoms with van der Waals surface area (Å²) < 4.78 is 20.8. The maximum Gasteiger partial charge on any atom is 0.142 e. The van der Waals surface area contributed by atoms with E-state index in [1.54, 1.807) is 18.9 Å². The lowest BCUT2D eigenvalue weighted by Gasteiger charge is -2.24. The molecule has 0 N–H and O–H groups in total. The van der Waals surface area contributed by atoms with Crippen molar-refractivity contribution in [2.75, 3.05) is 38.0 Å². The lowest BCUT2D eigenvalue weighted by molar-refractivity contribution is 0.415. The third-order valence-corrected chi connectivity index (χ3v) is 6.43. The van der Waals surface area contributed by atoms with Crippen LogP contribution in [0.1, 0.15) is 30.4 Å². The monoisotopic (exact) mass is 427 g/mol. The molecule has 1 fully saturated rings. The van der Waals surface area contributed by atoms with Crippen LogP contribution in [0, 0.1) is 19.8 Å². The van der Waals surface area contributed by atoms with E-state index in [0.717, 1.165) is 57.8 Å². The van der Waals surface area contributed by atoms with Crippen molar-refractivity contribution in [2.24, 2.45) is 5.92 Å². The molecular weight excluding hydrogens is 397 g/mol. The van der Waals surface area contributed by atoms with E-state index in [2.05, 4.69) is 55.3 Å². The number of pyridine rings is 1. The van der Waals surface area contributed by atoms with Gasteiger partial charge in [-0.05, 0) is 74.6 Å². The normalized spacial score (nSPS) is 13.8. The lowest BCUT2D eigenvalue weighted by Crippen LogP contribution is -2.27. The van der Waals surface area contributed by atoms with Crippen LogP contribution >= 0.6 is 11.8 Å². The van der Waals surface area contributed by atoms with Crippen LogP contribution in [0.2, 0.25) is 0 Å². The molecule has 0 aliphatic heterocycles. The molecule has 160 valence electrons. The maximum atomic E-state index is 13.0. The number of fused-ring (bicyclic) bond motifs is 1. The van der Waals surface area contributed by atoms with Gasteiger partial charge in [0.25, 0.3) is 0 Å². The number of methoxy groups -OCH3 is 1. The molecule has 4 nitrogen and oxygen atoms in total. The van der Waals surface area contributed by atoms with Gasteiger partial charge in [-0.15, -0.1) is 11.8 Å². The van der Waals surface area contributed by atoms with Gasteiger partial charge in [0.2, 0.25) is 0 Å². The molecule has 2 aromatic heterocycles. The SMILES string of the molecule is COc1cc(C)cc(C)c1-c1cccc2c(N(CCCF)CC3CC3)c(SC)nn12. The van der Waals surface area contributed by atoms with Gasteiger partial charge in [0, 0.05) is 18.7 Å². The van der Waals surface area contributed by atoms with Crippen LogP contribution in [0.4, 0.5) is 10.1 Å². The molecule has 0 radical (unpaired) electrons. The molecule has 6 heteroatoms. The number of hydrogen-bond acceptors (Lipinski definition) is 4. The number of benzene rings is 1. The summed E-state index contributed by atoms with van der Waals surface area (Å²) in [6.45, 7) is 5.60. The molecule has 1 aromatic carbocycles. The number of alkyl halides is 1. The number of aromatic nitrogens is 2. The van der Waals surface area contributed by atoms with E-state index in [9.17, 15) is 4.39 Å². The van der Waals surface area contributed by atoms with Gasteiger partial charge in [-0.1, -0.05) is 12.1 Å². The summed E-state index contributed by atoms with van der Waals surface area (Å²) in [6, 6.07) is 10.6. The molecule has 4 rings (SSSR count). The number of anilines is 1. The van der Waals surface area contributed by atoms with Crippen molar-refractivity contribution in [3.8, 4) is 17.0 Å². The first kappa shape index (κ1) is 21.0. The van der Waals surface area contributed by atoms with Crippen LogP contribution in [0.25, 0.3) is 16.8 Å². The highest BCUT2D eigenvalue weighted by molar-refractivity contribution is 7.98. The molecule has 0 bridgehead atoms. The highest BCUT2D eigenvalue weighted by Crippen LogP contribution is 2.40. The van der Waals surface area contributed by atoms with Crippen molar-refractivity contribution in [1.29, 1.82) is 0 Å². The van der Waals surface area contributed by atoms with Crippen molar-refractivity contribution < 1.29 is 9.13 Å². The molecule has 0 atom stereocenters. The first-order valence-corrected chi connectivity index (χ1v) is 11.8. The summed E-state index contributed by atoms with van der Waals surface area (Å²) in [5.41, 5.74) is 6.61. The number of rotatable bonds is 9. The Balaban J connectivity index is 1.89. The van der Waals surface area contributed by atoms with Gasteiger partial charge >= 0.3 is 0 Å². The Morgan fingerprint density at radius 1 is 1.27 bits per heavy atom. The van der Waals surface area contributed by atoms with Crippen LogP contribution in [-0.4, -0.2) is 42.7 Å². The smallest absolute Gasteiger partial charge is 0.142 e. The Bertz CT molecular complexity index is 1040. The quantitative estimate of drug-likeness (QED) is 0.396. The third kappa shape index (κ3) is 4.02. The number of thioether (sulfide) groups is 1. The fourth-order valence-corrected chi connectivity index (χ4v) is 4.83. The van der Waals surface area contributed by atoms with Crippen molar-refractivity contribution in [3.05, 3.63) is 41.5 Å². The lowest BCUT2D eigenvalue weighted by atomic mass is 10.0. The van der Waals surface area contributed by atoms with Crippen molar-refractivity contribution in [3.63, 3.8) is 0 Å². The molecule has 3 aromatic rings. The molecule has 1 aliphatic carbocycles. The fourth-order valence-electron chi connectivity index (χ4n) is 4.24. The minimum Gasteiger partial charge on any atom is -0.496 e. The Kier molecular flexibility index (Phi) is 6.23. The van der Waals surface area contributed by atoms with E-state index < -0.39 is 0 Å². The van der Waals surface area contributed by atoms with E-state index in [1.807, 2.05) is 4.52 Å². The van der Waals surface area contributed by atoms with Crippen LogP contribution in [0.5, 0.6) is 5.75 Å². The molecule has 0 spiro atoms. The van der Waals surface area contributed by atoms with Gasteiger partial charge in [0.15, 0.2) is 0 Å². The average Bonchev–Trinajstić information content (AvgIpc) is 3.47. The molecule has 1 aliphatic rings. The molecular formula is C24H30FN3OS. The van der Waals surface area contributed by atoms with Crippen LogP contribution in [0.15, 0.2) is 35.4 Å². The predicted molar refractivity (Wildman–Crippen MR) is 124 cm³/mol.